The maximum Gasteiger partial charge on any atom is 0.142 e. The van der Waals surface area contributed by atoms with Gasteiger partial charge in [0.1, 0.15) is 5.65 Å². The smallest absolute Gasteiger partial charge is 0.142 e. The first-order chi connectivity index (χ1) is 6.77. The summed E-state index contributed by atoms with van der Waals surface area (Å²) in [6.07, 6.45) is 2.95. The van der Waals surface area contributed by atoms with Crippen molar-refractivity contribution in [1.29, 1.82) is 0 Å². The molecule has 2 aromatic heterocycles. The Hall–Kier alpha value is -1.35. The van der Waals surface area contributed by atoms with E-state index in [2.05, 4.69) is 16.3 Å². The highest BCUT2D eigenvalue weighted by atomic mass is 16.3. The molecule has 14 heavy (non-hydrogen) atoms. The minimum Gasteiger partial charge on any atom is -0.392 e. The quantitative estimate of drug-likeness (QED) is 0.782. The van der Waals surface area contributed by atoms with Crippen molar-refractivity contribution in [1.82, 2.24) is 9.38 Å². The van der Waals surface area contributed by atoms with E-state index in [0.717, 1.165) is 23.3 Å². The molecule has 0 radical (unpaired) electrons. The molecule has 2 aromatic rings. The molecule has 0 aliphatic carbocycles. The SMILES string of the molecule is CCc1c(C)nc2c(CO)cccn12. The summed E-state index contributed by atoms with van der Waals surface area (Å²) in [6.45, 7) is 4.17. The Morgan fingerprint density at radius 3 is 2.93 bits per heavy atom. The number of aliphatic hydroxyl groups excluding tert-OH is 1. The van der Waals surface area contributed by atoms with Gasteiger partial charge in [0.05, 0.1) is 12.3 Å². The highest BCUT2D eigenvalue weighted by molar-refractivity contribution is 5.50. The summed E-state index contributed by atoms with van der Waals surface area (Å²) in [6, 6.07) is 3.85. The molecule has 0 saturated heterocycles. The van der Waals surface area contributed by atoms with Crippen molar-refractivity contribution in [2.45, 2.75) is 26.9 Å². The summed E-state index contributed by atoms with van der Waals surface area (Å²) >= 11 is 0. The minimum absolute atomic E-state index is 0.0456. The van der Waals surface area contributed by atoms with Crippen molar-refractivity contribution < 1.29 is 5.11 Å². The number of aliphatic hydroxyl groups is 1. The lowest BCUT2D eigenvalue weighted by Gasteiger charge is -2.01. The Bertz CT molecular complexity index is 460. The molecule has 0 spiro atoms. The summed E-state index contributed by atoms with van der Waals surface area (Å²) in [5.41, 5.74) is 4.03. The van der Waals surface area contributed by atoms with E-state index in [9.17, 15) is 0 Å². The van der Waals surface area contributed by atoms with E-state index >= 15 is 0 Å². The molecular formula is C11H14N2O. The second kappa shape index (κ2) is 3.42. The van der Waals surface area contributed by atoms with Crippen LogP contribution in [0.3, 0.4) is 0 Å². The van der Waals surface area contributed by atoms with Crippen molar-refractivity contribution in [3.63, 3.8) is 0 Å². The average Bonchev–Trinajstić information content (AvgIpc) is 2.52. The first-order valence-electron chi connectivity index (χ1n) is 4.84. The lowest BCUT2D eigenvalue weighted by atomic mass is 10.2. The van der Waals surface area contributed by atoms with Crippen LogP contribution in [0.5, 0.6) is 0 Å². The van der Waals surface area contributed by atoms with E-state index < -0.39 is 0 Å². The lowest BCUT2D eigenvalue weighted by Crippen LogP contribution is -1.94. The van der Waals surface area contributed by atoms with E-state index in [1.54, 1.807) is 0 Å². The topological polar surface area (TPSA) is 37.5 Å². The zero-order valence-corrected chi connectivity index (χ0v) is 8.49. The molecule has 0 atom stereocenters. The molecule has 0 amide bonds. The molecule has 0 aliphatic heterocycles. The van der Waals surface area contributed by atoms with Crippen LogP contribution < -0.4 is 0 Å². The molecule has 3 heteroatoms. The van der Waals surface area contributed by atoms with E-state index in [0.29, 0.717) is 0 Å². The van der Waals surface area contributed by atoms with Crippen LogP contribution >= 0.6 is 0 Å². The zero-order chi connectivity index (χ0) is 10.1. The summed E-state index contributed by atoms with van der Waals surface area (Å²) < 4.78 is 2.06. The fraction of sp³-hybridized carbons (Fsp3) is 0.364. The number of imidazole rings is 1. The first-order valence-corrected chi connectivity index (χ1v) is 4.84. The molecule has 2 heterocycles. The summed E-state index contributed by atoms with van der Waals surface area (Å²) in [7, 11) is 0. The fourth-order valence-corrected chi connectivity index (χ4v) is 1.84. The number of rotatable bonds is 2. The maximum atomic E-state index is 9.16. The van der Waals surface area contributed by atoms with E-state index in [-0.39, 0.29) is 6.61 Å². The minimum atomic E-state index is 0.0456. The molecule has 0 fully saturated rings. The predicted octanol–water partition coefficient (Wildman–Crippen LogP) is 1.70. The van der Waals surface area contributed by atoms with Gasteiger partial charge in [0, 0.05) is 17.5 Å². The monoisotopic (exact) mass is 190 g/mol. The van der Waals surface area contributed by atoms with Gasteiger partial charge in [0.2, 0.25) is 0 Å². The van der Waals surface area contributed by atoms with Crippen LogP contribution in [0.2, 0.25) is 0 Å². The molecule has 74 valence electrons. The predicted molar refractivity (Wildman–Crippen MR) is 55.2 cm³/mol. The molecule has 3 nitrogen and oxygen atoms in total. The van der Waals surface area contributed by atoms with Crippen molar-refractivity contribution in [2.75, 3.05) is 0 Å². The largest absolute Gasteiger partial charge is 0.392 e. The second-order valence-electron chi connectivity index (χ2n) is 3.38. The fourth-order valence-electron chi connectivity index (χ4n) is 1.84. The Kier molecular flexibility index (Phi) is 2.25. The summed E-state index contributed by atoms with van der Waals surface area (Å²) in [5.74, 6) is 0. The van der Waals surface area contributed by atoms with Gasteiger partial charge in [-0.2, -0.15) is 0 Å². The summed E-state index contributed by atoms with van der Waals surface area (Å²) in [4.78, 5) is 4.46. The number of nitrogens with zero attached hydrogens (tertiary/aromatic N) is 2. The third-order valence-corrected chi connectivity index (χ3v) is 2.54. The Morgan fingerprint density at radius 2 is 2.29 bits per heavy atom. The molecule has 0 bridgehead atoms. The van der Waals surface area contributed by atoms with Gasteiger partial charge in [-0.3, -0.25) is 0 Å². The van der Waals surface area contributed by atoms with Gasteiger partial charge >= 0.3 is 0 Å². The Labute approximate surface area is 83.0 Å². The number of hydrogen-bond acceptors (Lipinski definition) is 2. The van der Waals surface area contributed by atoms with Gasteiger partial charge in [-0.15, -0.1) is 0 Å². The normalized spacial score (nSPS) is 11.1. The highest BCUT2D eigenvalue weighted by Crippen LogP contribution is 2.16. The number of pyridine rings is 1. The van der Waals surface area contributed by atoms with Crippen molar-refractivity contribution in [3.05, 3.63) is 35.3 Å². The number of fused-ring (bicyclic) bond motifs is 1. The molecule has 0 saturated carbocycles. The Morgan fingerprint density at radius 1 is 1.50 bits per heavy atom. The van der Waals surface area contributed by atoms with Gasteiger partial charge in [0.25, 0.3) is 0 Å². The van der Waals surface area contributed by atoms with E-state index in [1.807, 2.05) is 25.3 Å². The lowest BCUT2D eigenvalue weighted by molar-refractivity contribution is 0.282. The molecule has 2 rings (SSSR count). The van der Waals surface area contributed by atoms with Crippen LogP contribution in [0.4, 0.5) is 0 Å². The maximum absolute atomic E-state index is 9.16. The highest BCUT2D eigenvalue weighted by Gasteiger charge is 2.08. The number of hydrogen-bond donors (Lipinski definition) is 1. The van der Waals surface area contributed by atoms with E-state index in [4.69, 9.17) is 5.11 Å². The zero-order valence-electron chi connectivity index (χ0n) is 8.49. The van der Waals surface area contributed by atoms with Gasteiger partial charge in [0.15, 0.2) is 0 Å². The first kappa shape index (κ1) is 9.21. The Balaban J connectivity index is 2.79. The van der Waals surface area contributed by atoms with Crippen LogP contribution in [-0.4, -0.2) is 14.5 Å². The summed E-state index contributed by atoms with van der Waals surface area (Å²) in [5, 5.41) is 9.16. The number of aryl methyl sites for hydroxylation is 2. The van der Waals surface area contributed by atoms with Crippen molar-refractivity contribution >= 4 is 5.65 Å². The average molecular weight is 190 g/mol. The third kappa shape index (κ3) is 1.21. The van der Waals surface area contributed by atoms with Crippen LogP contribution in [0.15, 0.2) is 18.3 Å². The standard InChI is InChI=1S/C11H14N2O/c1-3-10-8(2)12-11-9(7-14)5-4-6-13(10)11/h4-6,14H,3,7H2,1-2H3. The van der Waals surface area contributed by atoms with Crippen molar-refractivity contribution in [2.24, 2.45) is 0 Å². The third-order valence-electron chi connectivity index (χ3n) is 2.54. The second-order valence-corrected chi connectivity index (χ2v) is 3.38. The van der Waals surface area contributed by atoms with Gasteiger partial charge in [-0.25, -0.2) is 4.98 Å². The van der Waals surface area contributed by atoms with Crippen LogP contribution in [0.25, 0.3) is 5.65 Å². The molecular weight excluding hydrogens is 176 g/mol. The van der Waals surface area contributed by atoms with Crippen LogP contribution in [-0.2, 0) is 13.0 Å². The van der Waals surface area contributed by atoms with E-state index in [1.165, 1.54) is 5.69 Å². The molecule has 0 aliphatic rings. The van der Waals surface area contributed by atoms with Crippen LogP contribution in [0, 0.1) is 6.92 Å². The molecule has 0 aromatic carbocycles. The molecule has 1 N–H and O–H groups in total. The number of aromatic nitrogens is 2. The van der Waals surface area contributed by atoms with Gasteiger partial charge in [-0.1, -0.05) is 13.0 Å². The van der Waals surface area contributed by atoms with Crippen molar-refractivity contribution in [3.8, 4) is 0 Å². The van der Waals surface area contributed by atoms with Gasteiger partial charge in [-0.05, 0) is 19.4 Å². The van der Waals surface area contributed by atoms with Gasteiger partial charge < -0.3 is 9.51 Å². The molecule has 0 unspecified atom stereocenters. The van der Waals surface area contributed by atoms with Crippen LogP contribution in [0.1, 0.15) is 23.9 Å².